The highest BCUT2D eigenvalue weighted by Crippen LogP contribution is 2.19. The van der Waals surface area contributed by atoms with Gasteiger partial charge in [0.05, 0.1) is 12.5 Å². The van der Waals surface area contributed by atoms with Crippen LogP contribution in [0.2, 0.25) is 0 Å². The number of rotatable bonds is 15. The number of carboxylic acids is 1. The average molecular weight is 595 g/mol. The summed E-state index contributed by atoms with van der Waals surface area (Å²) in [4.78, 5) is 66.1. The summed E-state index contributed by atoms with van der Waals surface area (Å²) in [6.07, 6.45) is 1.77. The Hall–Kier alpha value is -4.91. The Morgan fingerprint density at radius 1 is 0.884 bits per heavy atom. The van der Waals surface area contributed by atoms with E-state index < -0.39 is 60.2 Å². The number of phenolic OH excluding ortho intramolecular Hbond substituents is 1. The van der Waals surface area contributed by atoms with Crippen molar-refractivity contribution in [2.45, 2.75) is 63.7 Å². The van der Waals surface area contributed by atoms with E-state index in [1.54, 1.807) is 13.1 Å². The minimum atomic E-state index is -1.61. The number of carboxylic acid groups (broad SMARTS) is 1. The van der Waals surface area contributed by atoms with Crippen LogP contribution in [-0.2, 0) is 36.8 Å². The van der Waals surface area contributed by atoms with Crippen molar-refractivity contribution in [2.24, 2.45) is 17.4 Å². The van der Waals surface area contributed by atoms with Crippen molar-refractivity contribution >= 4 is 40.5 Å². The lowest BCUT2D eigenvalue weighted by molar-refractivity contribution is -0.143. The van der Waals surface area contributed by atoms with E-state index in [0.29, 0.717) is 12.0 Å². The molecule has 13 nitrogen and oxygen atoms in total. The van der Waals surface area contributed by atoms with E-state index >= 15 is 0 Å². The van der Waals surface area contributed by atoms with E-state index in [9.17, 15) is 34.2 Å². The summed E-state index contributed by atoms with van der Waals surface area (Å²) in [6, 6.07) is 8.52. The van der Waals surface area contributed by atoms with E-state index in [1.807, 2.05) is 31.2 Å². The van der Waals surface area contributed by atoms with Crippen LogP contribution in [0, 0.1) is 5.92 Å². The van der Waals surface area contributed by atoms with Gasteiger partial charge in [-0.2, -0.15) is 0 Å². The second kappa shape index (κ2) is 14.8. The number of nitrogens with one attached hydrogen (secondary N) is 4. The number of aromatic amines is 1. The molecule has 5 unspecified atom stereocenters. The van der Waals surface area contributed by atoms with Gasteiger partial charge in [0.15, 0.2) is 0 Å². The minimum Gasteiger partial charge on any atom is -0.508 e. The van der Waals surface area contributed by atoms with Gasteiger partial charge in [0, 0.05) is 23.5 Å². The number of primary amides is 1. The first-order valence-electron chi connectivity index (χ1n) is 13.9. The maximum atomic E-state index is 13.6. The van der Waals surface area contributed by atoms with Crippen LogP contribution in [0.15, 0.2) is 54.7 Å². The van der Waals surface area contributed by atoms with Gasteiger partial charge in [0.2, 0.25) is 23.6 Å². The molecule has 5 atom stereocenters. The molecule has 10 N–H and O–H groups in total. The number of nitrogens with two attached hydrogens (primary N) is 2. The number of benzene rings is 2. The van der Waals surface area contributed by atoms with Gasteiger partial charge in [0.25, 0.3) is 0 Å². The van der Waals surface area contributed by atoms with E-state index in [1.165, 1.54) is 24.3 Å². The van der Waals surface area contributed by atoms with Gasteiger partial charge in [-0.25, -0.2) is 4.79 Å². The smallest absolute Gasteiger partial charge is 0.326 e. The lowest BCUT2D eigenvalue weighted by atomic mass is 9.96. The predicted octanol–water partition coefficient (Wildman–Crippen LogP) is 0.447. The first-order chi connectivity index (χ1) is 20.4. The fourth-order valence-electron chi connectivity index (χ4n) is 4.60. The Morgan fingerprint density at radius 3 is 2.16 bits per heavy atom. The van der Waals surface area contributed by atoms with Crippen molar-refractivity contribution in [1.82, 2.24) is 20.9 Å². The number of fused-ring (bicyclic) bond motifs is 1. The fraction of sp³-hybridized carbons (Fsp3) is 0.367. The Bertz CT molecular complexity index is 1450. The zero-order valence-corrected chi connectivity index (χ0v) is 24.0. The number of H-pyrrole nitrogens is 1. The Kier molecular flexibility index (Phi) is 11.2. The molecule has 0 aliphatic heterocycles. The van der Waals surface area contributed by atoms with Gasteiger partial charge in [-0.15, -0.1) is 0 Å². The monoisotopic (exact) mass is 594 g/mol. The van der Waals surface area contributed by atoms with E-state index in [2.05, 4.69) is 20.9 Å². The zero-order chi connectivity index (χ0) is 31.7. The number of carbonyl (C=O) groups excluding carboxylic acids is 4. The van der Waals surface area contributed by atoms with Crippen LogP contribution >= 0.6 is 0 Å². The van der Waals surface area contributed by atoms with Crippen molar-refractivity contribution in [2.75, 3.05) is 0 Å². The van der Waals surface area contributed by atoms with Gasteiger partial charge in [-0.3, -0.25) is 19.2 Å². The zero-order valence-electron chi connectivity index (χ0n) is 24.0. The van der Waals surface area contributed by atoms with Crippen molar-refractivity contribution in [1.29, 1.82) is 0 Å². The van der Waals surface area contributed by atoms with Crippen molar-refractivity contribution in [3.63, 3.8) is 0 Å². The van der Waals surface area contributed by atoms with Crippen LogP contribution < -0.4 is 27.4 Å². The molecule has 0 saturated heterocycles. The molecule has 3 aromatic rings. The van der Waals surface area contributed by atoms with Gasteiger partial charge in [-0.05, 0) is 41.7 Å². The number of hydrogen-bond acceptors (Lipinski definition) is 7. The molecule has 0 radical (unpaired) electrons. The van der Waals surface area contributed by atoms with Gasteiger partial charge in [0.1, 0.15) is 23.9 Å². The molecule has 43 heavy (non-hydrogen) atoms. The molecule has 2 aromatic carbocycles. The first-order valence-corrected chi connectivity index (χ1v) is 13.9. The Morgan fingerprint density at radius 2 is 1.53 bits per heavy atom. The standard InChI is InChI=1S/C30H38N6O7/c1-3-16(2)26(36-27(39)21(31)13-18-15-33-22-7-5-4-6-20(18)22)29(41)34-23(12-17-8-10-19(37)11-9-17)28(40)35-24(30(42)43)14-25(32)38/h4-11,15-16,21,23-24,26,33,37H,3,12-14,31H2,1-2H3,(H2,32,38)(H,34,41)(H,35,40)(H,36,39)(H,42,43). The summed E-state index contributed by atoms with van der Waals surface area (Å²) in [5.41, 5.74) is 13.7. The molecule has 0 spiro atoms. The lowest BCUT2D eigenvalue weighted by Crippen LogP contribution is -2.59. The minimum absolute atomic E-state index is 0.00953. The van der Waals surface area contributed by atoms with Gasteiger partial charge < -0.3 is 42.6 Å². The summed E-state index contributed by atoms with van der Waals surface area (Å²) < 4.78 is 0. The lowest BCUT2D eigenvalue weighted by Gasteiger charge is -2.28. The molecule has 230 valence electrons. The topological polar surface area (TPSA) is 230 Å². The molecule has 0 bridgehead atoms. The second-order valence-electron chi connectivity index (χ2n) is 10.5. The van der Waals surface area contributed by atoms with E-state index in [4.69, 9.17) is 11.5 Å². The van der Waals surface area contributed by atoms with Crippen LogP contribution in [0.3, 0.4) is 0 Å². The molecule has 0 aliphatic carbocycles. The number of amides is 4. The number of aromatic nitrogens is 1. The van der Waals surface area contributed by atoms with E-state index in [0.717, 1.165) is 16.5 Å². The number of para-hydroxylation sites is 1. The Labute approximate surface area is 248 Å². The summed E-state index contributed by atoms with van der Waals surface area (Å²) in [6.45, 7) is 3.60. The van der Waals surface area contributed by atoms with Gasteiger partial charge >= 0.3 is 5.97 Å². The maximum Gasteiger partial charge on any atom is 0.326 e. The molecule has 4 amide bonds. The van der Waals surface area contributed by atoms with Crippen molar-refractivity contribution in [3.8, 4) is 5.75 Å². The Balaban J connectivity index is 1.78. The molecule has 1 aromatic heterocycles. The third kappa shape index (κ3) is 9.04. The third-order valence-electron chi connectivity index (χ3n) is 7.27. The highest BCUT2D eigenvalue weighted by atomic mass is 16.4. The van der Waals surface area contributed by atoms with E-state index in [-0.39, 0.29) is 24.5 Å². The molecule has 3 rings (SSSR count). The molecule has 0 fully saturated rings. The molecular formula is C30H38N6O7. The van der Waals surface area contributed by atoms with Crippen LogP contribution in [0.5, 0.6) is 5.75 Å². The molecular weight excluding hydrogens is 556 g/mol. The normalized spacial score (nSPS) is 14.6. The first kappa shape index (κ1) is 32.6. The molecule has 1 heterocycles. The number of carbonyl (C=O) groups is 5. The van der Waals surface area contributed by atoms with Gasteiger partial charge in [-0.1, -0.05) is 50.6 Å². The number of aliphatic carboxylic acids is 1. The van der Waals surface area contributed by atoms with Crippen LogP contribution in [0.4, 0.5) is 0 Å². The summed E-state index contributed by atoms with van der Waals surface area (Å²) in [7, 11) is 0. The molecule has 0 saturated carbocycles. The van der Waals surface area contributed by atoms with Crippen LogP contribution in [-0.4, -0.2) is 69.0 Å². The molecule has 13 heteroatoms. The van der Waals surface area contributed by atoms with Crippen LogP contribution in [0.25, 0.3) is 10.9 Å². The number of phenols is 1. The highest BCUT2D eigenvalue weighted by Gasteiger charge is 2.33. The third-order valence-corrected chi connectivity index (χ3v) is 7.27. The quantitative estimate of drug-likeness (QED) is 0.123. The predicted molar refractivity (Wildman–Crippen MR) is 158 cm³/mol. The second-order valence-corrected chi connectivity index (χ2v) is 10.5. The van der Waals surface area contributed by atoms with Crippen LogP contribution in [0.1, 0.15) is 37.8 Å². The highest BCUT2D eigenvalue weighted by molar-refractivity contribution is 5.95. The van der Waals surface area contributed by atoms with Crippen molar-refractivity contribution < 1.29 is 34.2 Å². The number of hydrogen-bond donors (Lipinski definition) is 8. The SMILES string of the molecule is CCC(C)C(NC(=O)C(N)Cc1c[nH]c2ccccc12)C(=O)NC(Cc1ccc(O)cc1)C(=O)NC(CC(N)=O)C(=O)O. The summed E-state index contributed by atoms with van der Waals surface area (Å²) in [5.74, 6) is -4.89. The number of aromatic hydroxyl groups is 1. The summed E-state index contributed by atoms with van der Waals surface area (Å²) >= 11 is 0. The average Bonchev–Trinajstić information content (AvgIpc) is 3.37. The fourth-order valence-corrected chi connectivity index (χ4v) is 4.60. The molecule has 0 aliphatic rings. The summed E-state index contributed by atoms with van der Waals surface area (Å²) in [5, 5.41) is 27.6. The maximum absolute atomic E-state index is 13.6. The largest absolute Gasteiger partial charge is 0.508 e. The van der Waals surface area contributed by atoms with Crippen molar-refractivity contribution in [3.05, 3.63) is 65.9 Å².